The molecule has 1 aliphatic heterocycles. The van der Waals surface area contributed by atoms with Crippen molar-refractivity contribution >= 4 is 17.5 Å². The first kappa shape index (κ1) is 20.5. The van der Waals surface area contributed by atoms with E-state index in [1.807, 2.05) is 24.3 Å². The second-order valence-corrected chi connectivity index (χ2v) is 7.24. The van der Waals surface area contributed by atoms with Crippen LogP contribution in [0.3, 0.4) is 0 Å². The molecule has 9 nitrogen and oxygen atoms in total. The first-order chi connectivity index (χ1) is 15.2. The van der Waals surface area contributed by atoms with E-state index in [4.69, 9.17) is 15.0 Å². The Labute approximate surface area is 180 Å². The summed E-state index contributed by atoms with van der Waals surface area (Å²) < 4.78 is 5.12. The van der Waals surface area contributed by atoms with Crippen LogP contribution >= 0.6 is 0 Å². The number of rotatable bonds is 7. The lowest BCUT2D eigenvalue weighted by atomic mass is 10.1. The lowest BCUT2D eigenvalue weighted by molar-refractivity contribution is 0.0516. The first-order valence-corrected chi connectivity index (χ1v) is 10.2. The maximum atomic E-state index is 12.2. The van der Waals surface area contributed by atoms with Gasteiger partial charge < -0.3 is 10.1 Å². The SMILES string of the molecule is CCOC(=O)c1[nH]ncc1CN1CCCC1c1cccc(Nc2ccc(C#N)nc2)n1. The zero-order chi connectivity index (χ0) is 21.6. The molecule has 0 radical (unpaired) electrons. The molecular weight excluding hydrogens is 394 g/mol. The zero-order valence-corrected chi connectivity index (χ0v) is 17.2. The number of ether oxygens (including phenoxy) is 1. The predicted octanol–water partition coefficient (Wildman–Crippen LogP) is 3.33. The number of nitrogens with one attached hydrogen (secondary N) is 2. The molecule has 0 spiro atoms. The second kappa shape index (κ2) is 9.36. The van der Waals surface area contributed by atoms with Crippen molar-refractivity contribution in [3.8, 4) is 6.07 Å². The molecule has 0 aromatic carbocycles. The van der Waals surface area contributed by atoms with Gasteiger partial charge in [-0.25, -0.2) is 14.8 Å². The second-order valence-electron chi connectivity index (χ2n) is 7.24. The number of likely N-dealkylation sites (tertiary alicyclic amines) is 1. The van der Waals surface area contributed by atoms with Gasteiger partial charge in [-0.3, -0.25) is 10.00 Å². The highest BCUT2D eigenvalue weighted by Crippen LogP contribution is 2.33. The fraction of sp³-hybridized carbons (Fsp3) is 0.318. The number of pyridine rings is 2. The molecule has 0 bridgehead atoms. The molecule has 3 aromatic heterocycles. The molecule has 9 heteroatoms. The van der Waals surface area contributed by atoms with Crippen LogP contribution in [0.25, 0.3) is 0 Å². The maximum absolute atomic E-state index is 12.2. The van der Waals surface area contributed by atoms with Crippen molar-refractivity contribution in [2.24, 2.45) is 0 Å². The number of carbonyl (C=O) groups is 1. The Morgan fingerprint density at radius 2 is 2.26 bits per heavy atom. The summed E-state index contributed by atoms with van der Waals surface area (Å²) in [6.07, 6.45) is 5.34. The van der Waals surface area contributed by atoms with Crippen molar-refractivity contribution in [1.29, 1.82) is 5.26 Å². The number of nitriles is 1. The van der Waals surface area contributed by atoms with Gasteiger partial charge in [-0.2, -0.15) is 10.4 Å². The van der Waals surface area contributed by atoms with Gasteiger partial charge in [-0.1, -0.05) is 6.07 Å². The lowest BCUT2D eigenvalue weighted by Gasteiger charge is -2.24. The van der Waals surface area contributed by atoms with Gasteiger partial charge >= 0.3 is 5.97 Å². The van der Waals surface area contributed by atoms with Gasteiger partial charge in [0.25, 0.3) is 0 Å². The number of esters is 1. The monoisotopic (exact) mass is 417 g/mol. The topological polar surface area (TPSA) is 120 Å². The number of carbonyl (C=O) groups excluding carboxylic acids is 1. The van der Waals surface area contributed by atoms with Crippen molar-refractivity contribution in [2.45, 2.75) is 32.4 Å². The summed E-state index contributed by atoms with van der Waals surface area (Å²) in [4.78, 5) is 23.3. The number of aromatic nitrogens is 4. The summed E-state index contributed by atoms with van der Waals surface area (Å²) in [5, 5.41) is 18.9. The minimum Gasteiger partial charge on any atom is -0.461 e. The number of nitrogens with zero attached hydrogens (tertiary/aromatic N) is 5. The van der Waals surface area contributed by atoms with Crippen molar-refractivity contribution < 1.29 is 9.53 Å². The third-order valence-corrected chi connectivity index (χ3v) is 5.20. The van der Waals surface area contributed by atoms with Gasteiger partial charge in [-0.15, -0.1) is 0 Å². The highest BCUT2D eigenvalue weighted by molar-refractivity contribution is 5.88. The largest absolute Gasteiger partial charge is 0.461 e. The summed E-state index contributed by atoms with van der Waals surface area (Å²) in [7, 11) is 0. The van der Waals surface area contributed by atoms with Gasteiger partial charge in [0.2, 0.25) is 0 Å². The summed E-state index contributed by atoms with van der Waals surface area (Å²) in [6, 6.07) is 11.5. The summed E-state index contributed by atoms with van der Waals surface area (Å²) in [5.74, 6) is 0.331. The molecule has 4 rings (SSSR count). The zero-order valence-electron chi connectivity index (χ0n) is 17.2. The fourth-order valence-corrected chi connectivity index (χ4v) is 3.77. The van der Waals surface area contributed by atoms with Crippen LogP contribution in [-0.2, 0) is 11.3 Å². The average Bonchev–Trinajstić information content (AvgIpc) is 3.45. The van der Waals surface area contributed by atoms with Crippen LogP contribution in [0.1, 0.15) is 53.2 Å². The van der Waals surface area contributed by atoms with Crippen LogP contribution in [0, 0.1) is 11.3 Å². The van der Waals surface area contributed by atoms with E-state index in [0.717, 1.165) is 36.3 Å². The maximum Gasteiger partial charge on any atom is 0.356 e. The first-order valence-electron chi connectivity index (χ1n) is 10.2. The number of hydrogen-bond donors (Lipinski definition) is 2. The molecule has 1 atom stereocenters. The highest BCUT2D eigenvalue weighted by atomic mass is 16.5. The quantitative estimate of drug-likeness (QED) is 0.562. The van der Waals surface area contributed by atoms with Gasteiger partial charge in [0.15, 0.2) is 0 Å². The van der Waals surface area contributed by atoms with Gasteiger partial charge in [0, 0.05) is 12.1 Å². The standard InChI is InChI=1S/C22H23N7O2/c1-2-31-22(30)21-15(12-25-28-21)14-29-10-4-6-19(29)18-5-3-7-20(27-18)26-17-9-8-16(11-23)24-13-17/h3,5,7-9,12-13,19H,2,4,6,10,14H2,1H3,(H,25,28)(H,26,27). The molecule has 2 N–H and O–H groups in total. The Balaban J connectivity index is 1.49. The predicted molar refractivity (Wildman–Crippen MR) is 113 cm³/mol. The Morgan fingerprint density at radius 1 is 1.35 bits per heavy atom. The molecule has 1 aliphatic rings. The third-order valence-electron chi connectivity index (χ3n) is 5.20. The molecule has 0 saturated carbocycles. The summed E-state index contributed by atoms with van der Waals surface area (Å²) >= 11 is 0. The van der Waals surface area contributed by atoms with E-state index < -0.39 is 0 Å². The van der Waals surface area contributed by atoms with E-state index in [0.29, 0.717) is 30.4 Å². The van der Waals surface area contributed by atoms with E-state index in [1.54, 1.807) is 31.5 Å². The normalized spacial score (nSPS) is 16.1. The number of hydrogen-bond acceptors (Lipinski definition) is 8. The van der Waals surface area contributed by atoms with Crippen molar-refractivity contribution in [2.75, 3.05) is 18.5 Å². The van der Waals surface area contributed by atoms with Crippen LogP contribution in [0.5, 0.6) is 0 Å². The molecule has 31 heavy (non-hydrogen) atoms. The van der Waals surface area contributed by atoms with Gasteiger partial charge in [0.1, 0.15) is 23.3 Å². The highest BCUT2D eigenvalue weighted by Gasteiger charge is 2.29. The molecule has 3 aromatic rings. The Hall–Kier alpha value is -3.77. The van der Waals surface area contributed by atoms with Gasteiger partial charge in [0.05, 0.1) is 36.4 Å². The molecule has 1 fully saturated rings. The molecule has 1 unspecified atom stereocenters. The Morgan fingerprint density at radius 3 is 3.03 bits per heavy atom. The van der Waals surface area contributed by atoms with Crippen LogP contribution in [-0.4, -0.2) is 44.2 Å². The molecular formula is C22H23N7O2. The van der Waals surface area contributed by atoms with E-state index in [-0.39, 0.29) is 12.0 Å². The minimum absolute atomic E-state index is 0.144. The fourth-order valence-electron chi connectivity index (χ4n) is 3.77. The van der Waals surface area contributed by atoms with E-state index in [2.05, 4.69) is 25.4 Å². The molecule has 158 valence electrons. The Bertz CT molecular complexity index is 1090. The molecule has 0 aliphatic carbocycles. The van der Waals surface area contributed by atoms with Crippen LogP contribution in [0.4, 0.5) is 11.5 Å². The molecule has 1 saturated heterocycles. The van der Waals surface area contributed by atoms with Crippen LogP contribution in [0.2, 0.25) is 0 Å². The minimum atomic E-state index is -0.383. The summed E-state index contributed by atoms with van der Waals surface area (Å²) in [5.41, 5.74) is 3.33. The van der Waals surface area contributed by atoms with E-state index in [1.165, 1.54) is 0 Å². The van der Waals surface area contributed by atoms with Crippen molar-refractivity contribution in [3.63, 3.8) is 0 Å². The summed E-state index contributed by atoms with van der Waals surface area (Å²) in [6.45, 7) is 3.61. The van der Waals surface area contributed by atoms with Crippen molar-refractivity contribution in [1.82, 2.24) is 25.1 Å². The lowest BCUT2D eigenvalue weighted by Crippen LogP contribution is -2.24. The van der Waals surface area contributed by atoms with Crippen LogP contribution in [0.15, 0.2) is 42.7 Å². The van der Waals surface area contributed by atoms with Crippen molar-refractivity contribution in [3.05, 3.63) is 65.4 Å². The average molecular weight is 417 g/mol. The van der Waals surface area contributed by atoms with E-state index >= 15 is 0 Å². The number of anilines is 2. The number of H-pyrrole nitrogens is 1. The van der Waals surface area contributed by atoms with Gasteiger partial charge in [-0.05, 0) is 50.6 Å². The van der Waals surface area contributed by atoms with Crippen LogP contribution < -0.4 is 5.32 Å². The number of aromatic amines is 1. The Kier molecular flexibility index (Phi) is 6.19. The van der Waals surface area contributed by atoms with E-state index in [9.17, 15) is 4.79 Å². The third kappa shape index (κ3) is 4.70. The smallest absolute Gasteiger partial charge is 0.356 e. The molecule has 0 amide bonds. The molecule has 4 heterocycles.